The second-order valence-electron chi connectivity index (χ2n) is 16.4. The van der Waals surface area contributed by atoms with Crippen molar-refractivity contribution in [3.05, 3.63) is 36.4 Å². The van der Waals surface area contributed by atoms with Gasteiger partial charge in [-0.2, -0.15) is 0 Å². The van der Waals surface area contributed by atoms with Gasteiger partial charge in [-0.05, 0) is 90.2 Å². The van der Waals surface area contributed by atoms with E-state index in [1.54, 1.807) is 0 Å². The van der Waals surface area contributed by atoms with Gasteiger partial charge in [-0.1, -0.05) is 38.1 Å². The van der Waals surface area contributed by atoms with E-state index in [0.717, 1.165) is 6.42 Å². The highest BCUT2D eigenvalue weighted by molar-refractivity contribution is 7.91. The van der Waals surface area contributed by atoms with E-state index in [0.29, 0.717) is 48.9 Å². The molecule has 1 saturated heterocycles. The van der Waals surface area contributed by atoms with Crippen LogP contribution in [0.2, 0.25) is 0 Å². The molecule has 1 aromatic carbocycles. The van der Waals surface area contributed by atoms with Crippen LogP contribution in [0.25, 0.3) is 10.8 Å². The number of ether oxygens (including phenoxy) is 2. The quantitative estimate of drug-likeness (QED) is 0.289. The number of aromatic nitrogens is 2. The standard InChI is InChI=1S/C38H53N7O8S/c1-7-52-32-27-14-10-11-15-28(27)33(43-42-32)53-25-19-29-31(46)40-38(35(48)44-54(50,51)26-16-17-26)20-24(38)13-9-8-12-22(2)18-23(3)30(34(47)45(29)21-25)39-36(49)41-37(4,5)6/h9-11,13-15,22-26,29-30H,7-8,12,16-21H2,1-6H3,(H,40,46)(H,44,48)(H2,39,41,49). The molecule has 7 unspecified atom stereocenters. The van der Waals surface area contributed by atoms with Gasteiger partial charge in [0.25, 0.3) is 5.91 Å². The summed E-state index contributed by atoms with van der Waals surface area (Å²) in [6.07, 6.45) is 6.38. The summed E-state index contributed by atoms with van der Waals surface area (Å²) < 4.78 is 40.1. The third-order valence-corrected chi connectivity index (χ3v) is 12.4. The van der Waals surface area contributed by atoms with Crippen molar-refractivity contribution in [1.29, 1.82) is 0 Å². The topological polar surface area (TPSA) is 198 Å². The Hall–Kier alpha value is -4.47. The zero-order chi connectivity index (χ0) is 39.0. The fourth-order valence-electron chi connectivity index (χ4n) is 7.56. The maximum Gasteiger partial charge on any atom is 0.315 e. The van der Waals surface area contributed by atoms with Crippen molar-refractivity contribution in [2.75, 3.05) is 13.2 Å². The fraction of sp³-hybridized carbons (Fsp3) is 0.632. The van der Waals surface area contributed by atoms with Crippen molar-refractivity contribution in [1.82, 2.24) is 35.8 Å². The zero-order valence-electron chi connectivity index (χ0n) is 31.9. The molecule has 54 heavy (non-hydrogen) atoms. The molecule has 6 rings (SSSR count). The predicted octanol–water partition coefficient (Wildman–Crippen LogP) is 3.34. The van der Waals surface area contributed by atoms with E-state index in [2.05, 4.69) is 37.8 Å². The summed E-state index contributed by atoms with van der Waals surface area (Å²) in [5.41, 5.74) is -2.08. The van der Waals surface area contributed by atoms with Crippen molar-refractivity contribution < 1.29 is 37.1 Å². The van der Waals surface area contributed by atoms with Crippen LogP contribution in [0.4, 0.5) is 4.79 Å². The predicted molar refractivity (Wildman–Crippen MR) is 201 cm³/mol. The number of amides is 5. The van der Waals surface area contributed by atoms with Gasteiger partial charge in [-0.25, -0.2) is 13.2 Å². The first-order valence-electron chi connectivity index (χ1n) is 19.0. The maximum absolute atomic E-state index is 14.8. The largest absolute Gasteiger partial charge is 0.476 e. The molecular weight excluding hydrogens is 715 g/mol. The Balaban J connectivity index is 1.35. The average Bonchev–Trinajstić information content (AvgIpc) is 4.02. The minimum absolute atomic E-state index is 0.0277. The first kappa shape index (κ1) is 39.2. The van der Waals surface area contributed by atoms with E-state index in [1.807, 2.05) is 71.0 Å². The number of hydrogen-bond acceptors (Lipinski definition) is 10. The molecule has 7 atom stereocenters. The number of hydrogen-bond donors (Lipinski definition) is 4. The zero-order valence-corrected chi connectivity index (χ0v) is 32.7. The molecule has 3 heterocycles. The summed E-state index contributed by atoms with van der Waals surface area (Å²) >= 11 is 0. The lowest BCUT2D eigenvalue weighted by Crippen LogP contribution is -2.60. The molecule has 0 bridgehead atoms. The van der Waals surface area contributed by atoms with Crippen LogP contribution < -0.4 is 30.1 Å². The third kappa shape index (κ3) is 8.74. The minimum Gasteiger partial charge on any atom is -0.476 e. The van der Waals surface area contributed by atoms with E-state index in [9.17, 15) is 27.6 Å². The highest BCUT2D eigenvalue weighted by atomic mass is 32.2. The van der Waals surface area contributed by atoms with Gasteiger partial charge in [0.15, 0.2) is 0 Å². The molecule has 4 N–H and O–H groups in total. The van der Waals surface area contributed by atoms with E-state index in [4.69, 9.17) is 9.47 Å². The lowest BCUT2D eigenvalue weighted by molar-refractivity contribution is -0.142. The number of carbonyl (C=O) groups is 4. The number of benzene rings is 1. The van der Waals surface area contributed by atoms with E-state index in [-0.39, 0.29) is 37.1 Å². The molecule has 2 aromatic rings. The van der Waals surface area contributed by atoms with Gasteiger partial charge in [0.2, 0.25) is 33.6 Å². The summed E-state index contributed by atoms with van der Waals surface area (Å²) in [7, 11) is -3.90. The molecule has 16 heteroatoms. The van der Waals surface area contributed by atoms with Crippen molar-refractivity contribution in [3.8, 4) is 11.8 Å². The van der Waals surface area contributed by atoms with Crippen LogP contribution >= 0.6 is 0 Å². The number of allylic oxidation sites excluding steroid dienone is 1. The Kier molecular flexibility index (Phi) is 11.1. The van der Waals surface area contributed by atoms with E-state index in [1.165, 1.54) is 4.90 Å². The number of fused-ring (bicyclic) bond motifs is 3. The van der Waals surface area contributed by atoms with Gasteiger partial charge in [0, 0.05) is 17.9 Å². The monoisotopic (exact) mass is 767 g/mol. The molecule has 15 nitrogen and oxygen atoms in total. The Morgan fingerprint density at radius 3 is 2.39 bits per heavy atom. The van der Waals surface area contributed by atoms with E-state index >= 15 is 0 Å². The van der Waals surface area contributed by atoms with Gasteiger partial charge in [0.1, 0.15) is 23.7 Å². The molecule has 2 saturated carbocycles. The molecule has 294 valence electrons. The number of carbonyl (C=O) groups excluding carboxylic acids is 4. The number of nitrogens with zero attached hydrogens (tertiary/aromatic N) is 3. The number of sulfonamides is 1. The van der Waals surface area contributed by atoms with Crippen LogP contribution in [0.1, 0.15) is 86.5 Å². The van der Waals surface area contributed by atoms with Crippen LogP contribution in [0.15, 0.2) is 36.4 Å². The minimum atomic E-state index is -3.90. The van der Waals surface area contributed by atoms with Crippen molar-refractivity contribution in [3.63, 3.8) is 0 Å². The normalized spacial score (nSPS) is 29.2. The Labute approximate surface area is 316 Å². The van der Waals surface area contributed by atoms with Crippen LogP contribution in [0.3, 0.4) is 0 Å². The Bertz CT molecular complexity index is 1910. The summed E-state index contributed by atoms with van der Waals surface area (Å²) in [5, 5.41) is 17.9. The highest BCUT2D eigenvalue weighted by Gasteiger charge is 2.62. The number of nitrogens with one attached hydrogen (secondary N) is 4. The molecule has 3 fully saturated rings. The summed E-state index contributed by atoms with van der Waals surface area (Å²) in [5.74, 6) is -1.91. The SMILES string of the molecule is CCOc1nnc(OC2CC3C(=O)NC4(C(=O)NS(=O)(=O)C5CC5)CC4C=CCCC(C)CC(C)C(NC(=O)NC(C)(C)C)C(=O)N3C2)c2ccccc12. The first-order chi connectivity index (χ1) is 25.5. The lowest BCUT2D eigenvalue weighted by atomic mass is 9.88. The maximum atomic E-state index is 14.8. The van der Waals surface area contributed by atoms with Gasteiger partial charge in [-0.15, -0.1) is 10.2 Å². The van der Waals surface area contributed by atoms with E-state index < -0.39 is 74.2 Å². The third-order valence-electron chi connectivity index (χ3n) is 10.6. The molecule has 2 aliphatic heterocycles. The van der Waals surface area contributed by atoms with Crippen LogP contribution in [0.5, 0.6) is 11.8 Å². The van der Waals surface area contributed by atoms with Gasteiger partial charge in [-0.3, -0.25) is 19.1 Å². The van der Waals surface area contributed by atoms with Gasteiger partial charge in [0.05, 0.1) is 29.2 Å². The molecular formula is C38H53N7O8S. The van der Waals surface area contributed by atoms with Crippen LogP contribution in [-0.4, -0.2) is 94.9 Å². The summed E-state index contributed by atoms with van der Waals surface area (Å²) in [6.45, 7) is 11.7. The summed E-state index contributed by atoms with van der Waals surface area (Å²) in [6, 6.07) is 4.71. The van der Waals surface area contributed by atoms with Crippen molar-refractivity contribution in [2.45, 2.75) is 121 Å². The Morgan fingerprint density at radius 2 is 1.72 bits per heavy atom. The molecule has 5 amide bonds. The highest BCUT2D eigenvalue weighted by Crippen LogP contribution is 2.46. The van der Waals surface area contributed by atoms with Crippen LogP contribution in [-0.2, 0) is 24.4 Å². The van der Waals surface area contributed by atoms with Crippen molar-refractivity contribution >= 4 is 44.5 Å². The summed E-state index contributed by atoms with van der Waals surface area (Å²) in [4.78, 5) is 57.7. The molecule has 4 aliphatic rings. The molecule has 1 aromatic heterocycles. The molecule has 0 radical (unpaired) electrons. The van der Waals surface area contributed by atoms with Crippen LogP contribution in [0, 0.1) is 17.8 Å². The number of rotatable bonds is 8. The number of urea groups is 1. The van der Waals surface area contributed by atoms with Gasteiger partial charge < -0.3 is 30.3 Å². The second-order valence-corrected chi connectivity index (χ2v) is 18.3. The smallest absolute Gasteiger partial charge is 0.315 e. The second kappa shape index (κ2) is 15.3. The molecule has 2 aliphatic carbocycles. The lowest BCUT2D eigenvalue weighted by Gasteiger charge is -2.33. The van der Waals surface area contributed by atoms with Gasteiger partial charge >= 0.3 is 6.03 Å². The average molecular weight is 768 g/mol. The molecule has 0 spiro atoms. The fourth-order valence-corrected chi connectivity index (χ4v) is 8.92. The Morgan fingerprint density at radius 1 is 1.04 bits per heavy atom. The first-order valence-corrected chi connectivity index (χ1v) is 20.5. The van der Waals surface area contributed by atoms with Crippen molar-refractivity contribution in [2.24, 2.45) is 17.8 Å².